The van der Waals surface area contributed by atoms with Crippen molar-refractivity contribution in [3.8, 4) is 33.1 Å². The van der Waals surface area contributed by atoms with Gasteiger partial charge in [-0.25, -0.2) is 27.5 Å². The zero-order valence-corrected chi connectivity index (χ0v) is 47.2. The molecule has 424 valence electrons. The van der Waals surface area contributed by atoms with Crippen LogP contribution in [0.1, 0.15) is 82.7 Å². The quantitative estimate of drug-likeness (QED) is 0.0472. The molecule has 2 aliphatic rings. The van der Waals surface area contributed by atoms with Gasteiger partial charge in [-0.3, -0.25) is 24.2 Å². The third-order valence-corrected chi connectivity index (χ3v) is 15.5. The van der Waals surface area contributed by atoms with Crippen LogP contribution in [0.4, 0.5) is 14.6 Å². The summed E-state index contributed by atoms with van der Waals surface area (Å²) in [5.41, 5.74) is 2.51. The Labute approximate surface area is 467 Å². The van der Waals surface area contributed by atoms with Gasteiger partial charge < -0.3 is 39.8 Å². The molecule has 5 atom stereocenters. The highest BCUT2D eigenvalue weighted by Crippen LogP contribution is 2.39. The number of benzene rings is 2. The van der Waals surface area contributed by atoms with Gasteiger partial charge in [-0.15, -0.1) is 0 Å². The molecule has 1 saturated heterocycles. The van der Waals surface area contributed by atoms with Crippen molar-refractivity contribution < 1.29 is 47.3 Å². The minimum Gasteiger partial charge on any atom is -0.490 e. The molecule has 18 nitrogen and oxygen atoms in total. The Morgan fingerprint density at radius 1 is 0.938 bits per heavy atom. The van der Waals surface area contributed by atoms with E-state index in [2.05, 4.69) is 31.6 Å². The third kappa shape index (κ3) is 13.1. The van der Waals surface area contributed by atoms with E-state index >= 15 is 8.78 Å². The predicted molar refractivity (Wildman–Crippen MR) is 301 cm³/mol. The van der Waals surface area contributed by atoms with Crippen LogP contribution in [0.5, 0.6) is 5.75 Å². The van der Waals surface area contributed by atoms with Gasteiger partial charge in [0.2, 0.25) is 17.7 Å². The summed E-state index contributed by atoms with van der Waals surface area (Å²) in [7, 11) is 0. The Morgan fingerprint density at radius 3 is 2.35 bits per heavy atom. The first-order valence-corrected chi connectivity index (χ1v) is 27.6. The molecule has 0 spiro atoms. The van der Waals surface area contributed by atoms with Crippen molar-refractivity contribution in [2.45, 2.75) is 98.9 Å². The number of nitrogens with zero attached hydrogens (tertiary/aromatic N) is 7. The molecule has 3 N–H and O–H groups in total. The standard InChI is InChI=1S/C59H69F2N9O9S/c1-10-47(73)68-20-21-69(36(6)31-68)55-42-28-44(61)50(66-56(42)70(58(76)67-55)51-34(4)18-19-62-49(51)33(2)3)48-43(60)12-11-13-45(48)79-25-24-77-22-23-78-32-46(72)65-54(59(7,8)9)52(74)40-26-39(71)27-41(40)57(75)63-30-37-14-16-38(17-15-37)53-35(5)29-64-80-53/h10-19,28-29,33,36,39-41,54,71H,1,20-27,30-32H2,2-9H3,(H,63,75)(H,65,72)/t36-,39-,40?,41+,54+/m0/s1. The highest BCUT2D eigenvalue weighted by Gasteiger charge is 2.47. The van der Waals surface area contributed by atoms with Crippen LogP contribution in [-0.4, -0.2) is 128 Å². The number of halogens is 2. The number of ether oxygens (including phenoxy) is 3. The van der Waals surface area contributed by atoms with E-state index in [4.69, 9.17) is 19.2 Å². The molecule has 4 aromatic heterocycles. The summed E-state index contributed by atoms with van der Waals surface area (Å²) in [6.45, 7) is 19.2. The number of aliphatic hydroxyl groups is 1. The van der Waals surface area contributed by atoms with Crippen molar-refractivity contribution in [3.05, 3.63) is 124 Å². The number of ketones is 1. The fourth-order valence-electron chi connectivity index (χ4n) is 10.4. The van der Waals surface area contributed by atoms with Gasteiger partial charge in [0, 0.05) is 50.5 Å². The molecule has 1 aliphatic carbocycles. The number of rotatable bonds is 21. The number of carbonyl (C=O) groups is 4. The lowest BCUT2D eigenvalue weighted by atomic mass is 9.77. The van der Waals surface area contributed by atoms with Crippen LogP contribution in [0.25, 0.3) is 38.4 Å². The van der Waals surface area contributed by atoms with Crippen molar-refractivity contribution in [1.82, 2.24) is 39.4 Å². The minimum atomic E-state index is -0.985. The summed E-state index contributed by atoms with van der Waals surface area (Å²) in [5, 5.41) is 16.6. The third-order valence-electron chi connectivity index (χ3n) is 14.5. The molecule has 21 heteroatoms. The van der Waals surface area contributed by atoms with Gasteiger partial charge in [0.1, 0.15) is 36.3 Å². The zero-order chi connectivity index (χ0) is 57.6. The summed E-state index contributed by atoms with van der Waals surface area (Å²) in [6, 6.07) is 13.5. The lowest BCUT2D eigenvalue weighted by molar-refractivity contribution is -0.138. The molecule has 8 rings (SSSR count). The van der Waals surface area contributed by atoms with E-state index in [1.165, 1.54) is 40.4 Å². The highest BCUT2D eigenvalue weighted by atomic mass is 32.1. The van der Waals surface area contributed by atoms with E-state index in [1.807, 2.05) is 90.8 Å². The molecule has 2 aromatic carbocycles. The van der Waals surface area contributed by atoms with Crippen molar-refractivity contribution in [1.29, 1.82) is 0 Å². The molecule has 2 fully saturated rings. The first kappa shape index (κ1) is 58.8. The van der Waals surface area contributed by atoms with E-state index in [-0.39, 0.29) is 110 Å². The summed E-state index contributed by atoms with van der Waals surface area (Å²) in [5.74, 6) is -4.86. The lowest BCUT2D eigenvalue weighted by Gasteiger charge is -2.40. The molecular weight excluding hydrogens is 1050 g/mol. The molecular formula is C59H69F2N9O9S. The van der Waals surface area contributed by atoms with Crippen molar-refractivity contribution >= 4 is 51.9 Å². The predicted octanol–water partition coefficient (Wildman–Crippen LogP) is 7.42. The number of anilines is 1. The largest absolute Gasteiger partial charge is 0.490 e. The molecule has 1 aliphatic heterocycles. The average Bonchev–Trinajstić information content (AvgIpc) is 4.15. The van der Waals surface area contributed by atoms with E-state index in [9.17, 15) is 29.1 Å². The normalized spacial score (nSPS) is 17.9. The van der Waals surface area contributed by atoms with Crippen molar-refractivity contribution in [3.63, 3.8) is 0 Å². The molecule has 1 saturated carbocycles. The average molecular weight is 1120 g/mol. The van der Waals surface area contributed by atoms with Gasteiger partial charge >= 0.3 is 5.69 Å². The second kappa shape index (κ2) is 25.4. The van der Waals surface area contributed by atoms with E-state index < -0.39 is 64.9 Å². The number of piperazine rings is 1. The van der Waals surface area contributed by atoms with Crippen LogP contribution in [0, 0.1) is 42.7 Å². The number of Topliss-reactive ketones (excluding diaryl/α,β-unsaturated/α-hetero) is 1. The molecule has 1 unspecified atom stereocenters. The van der Waals surface area contributed by atoms with Crippen LogP contribution in [0.2, 0.25) is 0 Å². The fraction of sp³-hybridized carbons (Fsp3) is 0.441. The molecule has 0 bridgehead atoms. The van der Waals surface area contributed by atoms with E-state index in [0.717, 1.165) is 27.6 Å². The Morgan fingerprint density at radius 2 is 1.66 bits per heavy atom. The Kier molecular flexibility index (Phi) is 18.7. The minimum absolute atomic E-state index is 0.0113. The fourth-order valence-corrected chi connectivity index (χ4v) is 11.2. The SMILES string of the molecule is C=CC(=O)N1CCN(c2nc(=O)n(-c3c(C)ccnc3C(C)C)c3nc(-c4c(F)cccc4OCCOCCOCC(=O)N[C@H](C(=O)C4C[C@H](O)C[C@H]4C(=O)NCc4ccc(-c5sncc5C)cc4)C(C)(C)C)c(F)cc23)[C@@H](C)C1. The second-order valence-electron chi connectivity index (χ2n) is 21.8. The van der Waals surface area contributed by atoms with Crippen molar-refractivity contribution in [2.24, 2.45) is 17.3 Å². The number of hydrogen-bond acceptors (Lipinski definition) is 15. The monoisotopic (exact) mass is 1120 g/mol. The number of pyridine rings is 2. The number of aromatic nitrogens is 5. The maximum atomic E-state index is 16.8. The summed E-state index contributed by atoms with van der Waals surface area (Å²) in [6.07, 6.45) is 4.05. The summed E-state index contributed by atoms with van der Waals surface area (Å²) >= 11 is 1.42. The number of amides is 3. The van der Waals surface area contributed by atoms with Crippen LogP contribution in [0.15, 0.2) is 84.4 Å². The van der Waals surface area contributed by atoms with Gasteiger partial charge in [0.25, 0.3) is 0 Å². The first-order chi connectivity index (χ1) is 38.2. The number of nitrogens with one attached hydrogen (secondary N) is 2. The van der Waals surface area contributed by atoms with Crippen LogP contribution in [-0.2, 0) is 35.2 Å². The van der Waals surface area contributed by atoms with Gasteiger partial charge in [-0.05, 0) is 109 Å². The van der Waals surface area contributed by atoms with Gasteiger partial charge in [-0.1, -0.05) is 71.5 Å². The molecule has 0 radical (unpaired) electrons. The molecule has 3 amide bonds. The smallest absolute Gasteiger partial charge is 0.355 e. The highest BCUT2D eigenvalue weighted by molar-refractivity contribution is 7.09. The van der Waals surface area contributed by atoms with Crippen molar-refractivity contribution in [2.75, 3.05) is 57.6 Å². The summed E-state index contributed by atoms with van der Waals surface area (Å²) in [4.78, 5) is 86.3. The first-order valence-electron chi connectivity index (χ1n) is 26.8. The maximum Gasteiger partial charge on any atom is 0.355 e. The second-order valence-corrected chi connectivity index (χ2v) is 22.6. The number of fused-ring (bicyclic) bond motifs is 1. The van der Waals surface area contributed by atoms with Gasteiger partial charge in [-0.2, -0.15) is 4.98 Å². The van der Waals surface area contributed by atoms with E-state index in [0.29, 0.717) is 30.0 Å². The maximum absolute atomic E-state index is 16.8. The summed E-state index contributed by atoms with van der Waals surface area (Å²) < 4.78 is 55.7. The Hall–Kier alpha value is -7.33. The topological polar surface area (TPSA) is 220 Å². The number of aryl methyl sites for hydroxylation is 2. The molecule has 6 aromatic rings. The number of aliphatic hydroxyl groups excluding tert-OH is 1. The van der Waals surface area contributed by atoms with Gasteiger partial charge in [0.05, 0.1) is 65.1 Å². The number of carbonyl (C=O) groups excluding carboxylic acids is 4. The lowest BCUT2D eigenvalue weighted by Crippen LogP contribution is -2.54. The molecule has 80 heavy (non-hydrogen) atoms. The van der Waals surface area contributed by atoms with E-state index in [1.54, 1.807) is 17.2 Å². The van der Waals surface area contributed by atoms with Gasteiger partial charge in [0.15, 0.2) is 17.2 Å². The Balaban J connectivity index is 0.887. The van der Waals surface area contributed by atoms with Crippen LogP contribution < -0.4 is 26.0 Å². The van der Waals surface area contributed by atoms with Crippen LogP contribution in [0.3, 0.4) is 0 Å². The number of hydrogen-bond donors (Lipinski definition) is 3. The Bertz CT molecular complexity index is 3330. The molecule has 5 heterocycles. The zero-order valence-electron chi connectivity index (χ0n) is 46.4. The van der Waals surface area contributed by atoms with Crippen LogP contribution >= 0.6 is 11.5 Å².